The third-order valence-electron chi connectivity index (χ3n) is 3.76. The van der Waals surface area contributed by atoms with Gasteiger partial charge in [0.2, 0.25) is 5.91 Å². The summed E-state index contributed by atoms with van der Waals surface area (Å²) in [6, 6.07) is -0.104. The molecule has 0 aromatic carbocycles. The standard InChI is InChI=1S/C12H19N5O/c1-8(14-12(18)9-4-2-6-13-9)11-16-15-10-5-3-7-17(10)11/h8-9,13H,2-7H2,1H3,(H,14,18)/t8?,9-/m0/s1. The number of hydrogen-bond acceptors (Lipinski definition) is 4. The highest BCUT2D eigenvalue weighted by atomic mass is 16.2. The molecule has 6 nitrogen and oxygen atoms in total. The molecule has 0 aliphatic carbocycles. The number of hydrogen-bond donors (Lipinski definition) is 2. The van der Waals surface area contributed by atoms with Gasteiger partial charge in [-0.15, -0.1) is 10.2 Å². The van der Waals surface area contributed by atoms with Crippen LogP contribution in [0.5, 0.6) is 0 Å². The predicted octanol–water partition coefficient (Wildman–Crippen LogP) is 0.153. The average Bonchev–Trinajstić information content (AvgIpc) is 3.06. The quantitative estimate of drug-likeness (QED) is 0.800. The maximum Gasteiger partial charge on any atom is 0.237 e. The highest BCUT2D eigenvalue weighted by Crippen LogP contribution is 2.19. The Morgan fingerprint density at radius 3 is 3.17 bits per heavy atom. The Kier molecular flexibility index (Phi) is 3.03. The van der Waals surface area contributed by atoms with E-state index in [-0.39, 0.29) is 18.0 Å². The monoisotopic (exact) mass is 249 g/mol. The van der Waals surface area contributed by atoms with Crippen molar-refractivity contribution in [2.24, 2.45) is 0 Å². The van der Waals surface area contributed by atoms with Gasteiger partial charge in [0.25, 0.3) is 0 Å². The summed E-state index contributed by atoms with van der Waals surface area (Å²) in [5, 5.41) is 14.6. The van der Waals surface area contributed by atoms with Gasteiger partial charge in [0, 0.05) is 13.0 Å². The number of nitrogens with zero attached hydrogens (tertiary/aromatic N) is 3. The van der Waals surface area contributed by atoms with Crippen LogP contribution in [0.25, 0.3) is 0 Å². The Hall–Kier alpha value is -1.43. The third-order valence-corrected chi connectivity index (χ3v) is 3.76. The molecule has 1 aromatic rings. The van der Waals surface area contributed by atoms with E-state index in [1.165, 1.54) is 0 Å². The SMILES string of the molecule is CC(NC(=O)[C@@H]1CCCN1)c1nnc2n1CCC2. The zero-order valence-electron chi connectivity index (χ0n) is 10.6. The normalized spacial score (nSPS) is 23.9. The van der Waals surface area contributed by atoms with E-state index in [2.05, 4.69) is 25.4 Å². The topological polar surface area (TPSA) is 71.8 Å². The molecule has 1 amide bonds. The first-order valence-corrected chi connectivity index (χ1v) is 6.71. The lowest BCUT2D eigenvalue weighted by Crippen LogP contribution is -2.41. The van der Waals surface area contributed by atoms with Crippen molar-refractivity contribution < 1.29 is 4.79 Å². The first kappa shape index (κ1) is 11.6. The summed E-state index contributed by atoms with van der Waals surface area (Å²) in [7, 11) is 0. The van der Waals surface area contributed by atoms with Crippen molar-refractivity contribution in [1.29, 1.82) is 0 Å². The van der Waals surface area contributed by atoms with E-state index in [1.807, 2.05) is 6.92 Å². The first-order chi connectivity index (χ1) is 8.75. The minimum atomic E-state index is -0.0701. The van der Waals surface area contributed by atoms with Crippen molar-refractivity contribution in [3.8, 4) is 0 Å². The van der Waals surface area contributed by atoms with Crippen molar-refractivity contribution >= 4 is 5.91 Å². The molecule has 0 saturated carbocycles. The maximum absolute atomic E-state index is 12.0. The molecule has 98 valence electrons. The molecular formula is C12H19N5O. The fourth-order valence-electron chi connectivity index (χ4n) is 2.78. The number of carbonyl (C=O) groups is 1. The number of aryl methyl sites for hydroxylation is 1. The highest BCUT2D eigenvalue weighted by Gasteiger charge is 2.26. The summed E-state index contributed by atoms with van der Waals surface area (Å²) in [4.78, 5) is 12.0. The summed E-state index contributed by atoms with van der Waals surface area (Å²) in [6.07, 6.45) is 4.13. The summed E-state index contributed by atoms with van der Waals surface area (Å²) in [5.41, 5.74) is 0. The van der Waals surface area contributed by atoms with Crippen LogP contribution in [0.2, 0.25) is 0 Å². The van der Waals surface area contributed by atoms with E-state index in [9.17, 15) is 4.79 Å². The molecule has 1 aromatic heterocycles. The smallest absolute Gasteiger partial charge is 0.237 e. The zero-order valence-corrected chi connectivity index (χ0v) is 10.6. The predicted molar refractivity (Wildman–Crippen MR) is 65.9 cm³/mol. The van der Waals surface area contributed by atoms with Crippen LogP contribution in [0, 0.1) is 0 Å². The van der Waals surface area contributed by atoms with Gasteiger partial charge in [-0.05, 0) is 32.7 Å². The van der Waals surface area contributed by atoms with E-state index in [1.54, 1.807) is 0 Å². The summed E-state index contributed by atoms with van der Waals surface area (Å²) >= 11 is 0. The molecule has 2 N–H and O–H groups in total. The first-order valence-electron chi connectivity index (χ1n) is 6.71. The molecule has 0 spiro atoms. The fraction of sp³-hybridized carbons (Fsp3) is 0.750. The van der Waals surface area contributed by atoms with Gasteiger partial charge in [0.15, 0.2) is 5.82 Å². The van der Waals surface area contributed by atoms with Gasteiger partial charge >= 0.3 is 0 Å². The minimum absolute atomic E-state index is 0.0339. The van der Waals surface area contributed by atoms with Gasteiger partial charge in [-0.2, -0.15) is 0 Å². The number of carbonyl (C=O) groups excluding carboxylic acids is 1. The second-order valence-electron chi connectivity index (χ2n) is 5.11. The van der Waals surface area contributed by atoms with E-state index in [4.69, 9.17) is 0 Å². The Morgan fingerprint density at radius 1 is 1.50 bits per heavy atom. The fourth-order valence-corrected chi connectivity index (χ4v) is 2.78. The molecule has 18 heavy (non-hydrogen) atoms. The zero-order chi connectivity index (χ0) is 12.5. The van der Waals surface area contributed by atoms with Crippen LogP contribution in [0.15, 0.2) is 0 Å². The molecule has 1 saturated heterocycles. The van der Waals surface area contributed by atoms with E-state index in [0.29, 0.717) is 0 Å². The number of fused-ring (bicyclic) bond motifs is 1. The molecular weight excluding hydrogens is 230 g/mol. The van der Waals surface area contributed by atoms with Crippen molar-refractivity contribution in [1.82, 2.24) is 25.4 Å². The lowest BCUT2D eigenvalue weighted by atomic mass is 10.2. The lowest BCUT2D eigenvalue weighted by molar-refractivity contribution is -0.123. The second-order valence-corrected chi connectivity index (χ2v) is 5.11. The molecule has 3 heterocycles. The molecule has 2 aliphatic heterocycles. The molecule has 2 aliphatic rings. The van der Waals surface area contributed by atoms with Gasteiger partial charge in [0.05, 0.1) is 12.1 Å². The molecule has 1 fully saturated rings. The van der Waals surface area contributed by atoms with E-state index < -0.39 is 0 Å². The summed E-state index contributed by atoms with van der Waals surface area (Å²) in [6.45, 7) is 3.88. The minimum Gasteiger partial charge on any atom is -0.345 e. The van der Waals surface area contributed by atoms with Gasteiger partial charge in [0.1, 0.15) is 5.82 Å². The molecule has 6 heteroatoms. The maximum atomic E-state index is 12.0. The molecule has 1 unspecified atom stereocenters. The molecule has 3 rings (SSSR count). The van der Waals surface area contributed by atoms with Gasteiger partial charge < -0.3 is 15.2 Å². The van der Waals surface area contributed by atoms with Crippen molar-refractivity contribution in [3.63, 3.8) is 0 Å². The van der Waals surface area contributed by atoms with Crippen molar-refractivity contribution in [3.05, 3.63) is 11.6 Å². The van der Waals surface area contributed by atoms with Crippen LogP contribution >= 0.6 is 0 Å². The lowest BCUT2D eigenvalue weighted by Gasteiger charge is -2.17. The van der Waals surface area contributed by atoms with Crippen LogP contribution in [0.3, 0.4) is 0 Å². The largest absolute Gasteiger partial charge is 0.345 e. The Bertz CT molecular complexity index is 449. The number of aromatic nitrogens is 3. The van der Waals surface area contributed by atoms with Crippen LogP contribution in [0.4, 0.5) is 0 Å². The van der Waals surface area contributed by atoms with E-state index in [0.717, 1.165) is 50.4 Å². The van der Waals surface area contributed by atoms with Gasteiger partial charge in [-0.3, -0.25) is 4.79 Å². The Labute approximate surface area is 106 Å². The van der Waals surface area contributed by atoms with Crippen LogP contribution in [-0.2, 0) is 17.8 Å². The van der Waals surface area contributed by atoms with Crippen LogP contribution in [-0.4, -0.2) is 33.3 Å². The van der Waals surface area contributed by atoms with E-state index >= 15 is 0 Å². The summed E-state index contributed by atoms with van der Waals surface area (Å²) < 4.78 is 2.13. The number of amides is 1. The number of rotatable bonds is 3. The van der Waals surface area contributed by atoms with Gasteiger partial charge in [-0.25, -0.2) is 0 Å². The average molecular weight is 249 g/mol. The van der Waals surface area contributed by atoms with Crippen LogP contribution in [0.1, 0.15) is 43.9 Å². The van der Waals surface area contributed by atoms with Crippen LogP contribution < -0.4 is 10.6 Å². The molecule has 0 bridgehead atoms. The summed E-state index contributed by atoms with van der Waals surface area (Å²) in [5.74, 6) is 2.01. The van der Waals surface area contributed by atoms with Gasteiger partial charge in [-0.1, -0.05) is 0 Å². The Balaban J connectivity index is 1.67. The number of nitrogens with one attached hydrogen (secondary N) is 2. The van der Waals surface area contributed by atoms with Crippen molar-refractivity contribution in [2.75, 3.05) is 6.54 Å². The molecule has 0 radical (unpaired) electrons. The molecule has 2 atom stereocenters. The highest BCUT2D eigenvalue weighted by molar-refractivity contribution is 5.82. The Morgan fingerprint density at radius 2 is 2.39 bits per heavy atom. The third kappa shape index (κ3) is 2.01. The van der Waals surface area contributed by atoms with Crippen molar-refractivity contribution in [2.45, 2.75) is 51.2 Å². The second kappa shape index (κ2) is 4.68.